The van der Waals surface area contributed by atoms with Gasteiger partial charge in [0.15, 0.2) is 0 Å². The number of carbonyl (C=O) groups excluding carboxylic acids is 1. The van der Waals surface area contributed by atoms with E-state index >= 15 is 0 Å². The highest BCUT2D eigenvalue weighted by molar-refractivity contribution is 7.85. The highest BCUT2D eigenvalue weighted by Crippen LogP contribution is 2.13. The minimum atomic E-state index is -1.33. The molecule has 0 aromatic heterocycles. The van der Waals surface area contributed by atoms with Crippen LogP contribution < -0.4 is 10.1 Å². The lowest BCUT2D eigenvalue weighted by molar-refractivity contribution is -0.118. The second-order valence-corrected chi connectivity index (χ2v) is 6.61. The molecule has 0 aliphatic rings. The van der Waals surface area contributed by atoms with Gasteiger partial charge in [0.2, 0.25) is 5.91 Å². The lowest BCUT2D eigenvalue weighted by Crippen LogP contribution is -2.27. The number of ether oxygens (including phenoxy) is 1. The van der Waals surface area contributed by atoms with Crippen LogP contribution in [0.4, 0.5) is 0 Å². The molecule has 1 amide bonds. The Morgan fingerprint density at radius 2 is 1.96 bits per heavy atom. The van der Waals surface area contributed by atoms with E-state index in [2.05, 4.69) is 5.32 Å². The first kappa shape index (κ1) is 17.2. The molecule has 1 N–H and O–H groups in total. The van der Waals surface area contributed by atoms with Crippen LogP contribution in [0.2, 0.25) is 0 Å². The Bertz CT molecular complexity index is 700. The van der Waals surface area contributed by atoms with Gasteiger partial charge in [-0.1, -0.05) is 24.3 Å². The third kappa shape index (κ3) is 5.53. The zero-order valence-corrected chi connectivity index (χ0v) is 14.2. The zero-order valence-electron chi connectivity index (χ0n) is 13.4. The van der Waals surface area contributed by atoms with Gasteiger partial charge in [-0.3, -0.25) is 9.00 Å². The van der Waals surface area contributed by atoms with Gasteiger partial charge in [-0.25, -0.2) is 0 Å². The van der Waals surface area contributed by atoms with E-state index in [1.54, 1.807) is 6.07 Å². The highest BCUT2D eigenvalue weighted by atomic mass is 32.2. The van der Waals surface area contributed by atoms with Crippen LogP contribution in [-0.2, 0) is 22.1 Å². The van der Waals surface area contributed by atoms with Crippen molar-refractivity contribution in [1.82, 2.24) is 5.32 Å². The van der Waals surface area contributed by atoms with E-state index in [0.717, 1.165) is 16.9 Å². The van der Waals surface area contributed by atoms with Crippen LogP contribution in [0.15, 0.2) is 53.4 Å². The third-order valence-electron chi connectivity index (χ3n) is 3.21. The van der Waals surface area contributed by atoms with Gasteiger partial charge in [-0.15, -0.1) is 0 Å². The topological polar surface area (TPSA) is 55.4 Å². The Morgan fingerprint density at radius 3 is 2.70 bits per heavy atom. The van der Waals surface area contributed by atoms with Gasteiger partial charge in [-0.2, -0.15) is 0 Å². The number of rotatable bonds is 7. The summed E-state index contributed by atoms with van der Waals surface area (Å²) in [6, 6.07) is 15.0. The van der Waals surface area contributed by atoms with Crippen molar-refractivity contribution in [3.8, 4) is 5.75 Å². The molecule has 0 heterocycles. The number of hydrogen-bond donors (Lipinski definition) is 1. The fourth-order valence-electron chi connectivity index (χ4n) is 2.12. The van der Waals surface area contributed by atoms with E-state index in [4.69, 9.17) is 4.74 Å². The number of benzene rings is 2. The van der Waals surface area contributed by atoms with Gasteiger partial charge in [0.25, 0.3) is 0 Å². The highest BCUT2D eigenvalue weighted by Gasteiger charge is 2.10. The second-order valence-electron chi connectivity index (χ2n) is 5.16. The van der Waals surface area contributed by atoms with Crippen molar-refractivity contribution in [2.75, 3.05) is 12.4 Å². The molecule has 0 spiro atoms. The first-order valence-corrected chi connectivity index (χ1v) is 8.84. The molecule has 1 atom stereocenters. The number of carbonyl (C=O) groups is 1. The summed E-state index contributed by atoms with van der Waals surface area (Å²) < 4.78 is 17.6. The molecule has 0 saturated heterocycles. The summed E-state index contributed by atoms with van der Waals surface area (Å²) in [5, 5.41) is 2.80. The van der Waals surface area contributed by atoms with E-state index in [-0.39, 0.29) is 11.7 Å². The van der Waals surface area contributed by atoms with Gasteiger partial charge >= 0.3 is 0 Å². The third-order valence-corrected chi connectivity index (χ3v) is 4.52. The van der Waals surface area contributed by atoms with Gasteiger partial charge in [-0.05, 0) is 49.2 Å². The number of aryl methyl sites for hydroxylation is 1. The summed E-state index contributed by atoms with van der Waals surface area (Å²) >= 11 is 0. The minimum Gasteiger partial charge on any atom is -0.494 e. The summed E-state index contributed by atoms with van der Waals surface area (Å²) in [6.07, 6.45) is 0. The molecular weight excluding hydrogens is 310 g/mol. The number of nitrogens with one attached hydrogen (secondary N) is 1. The van der Waals surface area contributed by atoms with Crippen LogP contribution in [0.5, 0.6) is 5.75 Å². The summed E-state index contributed by atoms with van der Waals surface area (Å²) in [5.74, 6) is 0.517. The molecule has 0 radical (unpaired) electrons. The molecule has 2 aromatic rings. The average Bonchev–Trinajstić information content (AvgIpc) is 2.54. The predicted molar refractivity (Wildman–Crippen MR) is 91.9 cm³/mol. The normalized spacial score (nSPS) is 11.7. The fourth-order valence-corrected chi connectivity index (χ4v) is 3.18. The maximum Gasteiger partial charge on any atom is 0.233 e. The summed E-state index contributed by atoms with van der Waals surface area (Å²) in [4.78, 5) is 12.6. The van der Waals surface area contributed by atoms with Crippen LogP contribution in [-0.4, -0.2) is 22.5 Å². The van der Waals surface area contributed by atoms with E-state index < -0.39 is 10.8 Å². The van der Waals surface area contributed by atoms with Crippen LogP contribution >= 0.6 is 0 Å². The van der Waals surface area contributed by atoms with Crippen molar-refractivity contribution >= 4 is 16.7 Å². The molecule has 0 saturated carbocycles. The molecule has 4 nitrogen and oxygen atoms in total. The average molecular weight is 331 g/mol. The molecule has 0 aliphatic heterocycles. The summed E-state index contributed by atoms with van der Waals surface area (Å²) in [5.41, 5.74) is 1.98. The van der Waals surface area contributed by atoms with Crippen molar-refractivity contribution in [2.24, 2.45) is 0 Å². The smallest absolute Gasteiger partial charge is 0.233 e. The van der Waals surface area contributed by atoms with Crippen LogP contribution in [0, 0.1) is 6.92 Å². The first-order chi connectivity index (χ1) is 11.1. The Hall–Kier alpha value is -2.14. The van der Waals surface area contributed by atoms with Gasteiger partial charge < -0.3 is 10.1 Å². The molecule has 122 valence electrons. The molecular formula is C18H21NO3S. The Balaban J connectivity index is 1.87. The molecule has 0 bridgehead atoms. The SMILES string of the molecule is CCOc1cccc(CNC(=O)C[S@@](=O)c2cccc(C)c2)c1. The van der Waals surface area contributed by atoms with E-state index in [0.29, 0.717) is 18.0 Å². The molecule has 5 heteroatoms. The number of amides is 1. The maximum absolute atomic E-state index is 12.2. The van der Waals surface area contributed by atoms with Crippen molar-refractivity contribution in [3.05, 3.63) is 59.7 Å². The van der Waals surface area contributed by atoms with Crippen LogP contribution in [0.3, 0.4) is 0 Å². The van der Waals surface area contributed by atoms with Crippen molar-refractivity contribution < 1.29 is 13.7 Å². The van der Waals surface area contributed by atoms with E-state index in [9.17, 15) is 9.00 Å². The van der Waals surface area contributed by atoms with Crippen molar-refractivity contribution in [2.45, 2.75) is 25.3 Å². The molecule has 23 heavy (non-hydrogen) atoms. The lowest BCUT2D eigenvalue weighted by atomic mass is 10.2. The first-order valence-electron chi connectivity index (χ1n) is 7.52. The molecule has 0 unspecified atom stereocenters. The summed E-state index contributed by atoms with van der Waals surface area (Å²) in [6.45, 7) is 4.86. The Kier molecular flexibility index (Phi) is 6.35. The van der Waals surface area contributed by atoms with Crippen LogP contribution in [0.1, 0.15) is 18.1 Å². The largest absolute Gasteiger partial charge is 0.494 e. The second kappa shape index (κ2) is 8.48. The Labute approximate surface area is 139 Å². The van der Waals surface area contributed by atoms with E-state index in [1.807, 2.05) is 56.3 Å². The monoisotopic (exact) mass is 331 g/mol. The quantitative estimate of drug-likeness (QED) is 0.849. The van der Waals surface area contributed by atoms with Gasteiger partial charge in [0.05, 0.1) is 17.4 Å². The van der Waals surface area contributed by atoms with Crippen LogP contribution in [0.25, 0.3) is 0 Å². The summed E-state index contributed by atoms with van der Waals surface area (Å²) in [7, 11) is -1.33. The Morgan fingerprint density at radius 1 is 1.17 bits per heavy atom. The zero-order chi connectivity index (χ0) is 16.7. The molecule has 0 fully saturated rings. The van der Waals surface area contributed by atoms with Crippen molar-refractivity contribution in [3.63, 3.8) is 0 Å². The fraction of sp³-hybridized carbons (Fsp3) is 0.278. The maximum atomic E-state index is 12.2. The molecule has 0 aliphatic carbocycles. The minimum absolute atomic E-state index is 0.0331. The van der Waals surface area contributed by atoms with Gasteiger partial charge in [0, 0.05) is 11.4 Å². The predicted octanol–water partition coefficient (Wildman–Crippen LogP) is 2.82. The standard InChI is InChI=1S/C18H21NO3S/c1-3-22-16-8-5-7-15(11-16)12-19-18(20)13-23(21)17-9-4-6-14(2)10-17/h4-11H,3,12-13H2,1-2H3,(H,19,20)/t23-/m1/s1. The van der Waals surface area contributed by atoms with E-state index in [1.165, 1.54) is 0 Å². The molecule has 2 aromatic carbocycles. The number of hydrogen-bond acceptors (Lipinski definition) is 3. The van der Waals surface area contributed by atoms with Crippen molar-refractivity contribution in [1.29, 1.82) is 0 Å². The lowest BCUT2D eigenvalue weighted by Gasteiger charge is -2.08. The van der Waals surface area contributed by atoms with Gasteiger partial charge in [0.1, 0.15) is 11.5 Å². The molecule has 2 rings (SSSR count).